The summed E-state index contributed by atoms with van der Waals surface area (Å²) < 4.78 is 13.1. The quantitative estimate of drug-likeness (QED) is 0.774. The van der Waals surface area contributed by atoms with E-state index in [0.717, 1.165) is 19.0 Å². The zero-order valence-electron chi connectivity index (χ0n) is 7.95. The van der Waals surface area contributed by atoms with E-state index >= 15 is 0 Å². The Morgan fingerprint density at radius 2 is 2.33 bits per heavy atom. The number of aromatic nitrogens is 2. The fraction of sp³-hybridized carbons (Fsp3) is 0.556. The van der Waals surface area contributed by atoms with Gasteiger partial charge in [0.05, 0.1) is 12.3 Å². The van der Waals surface area contributed by atoms with Crippen molar-refractivity contribution < 1.29 is 9.50 Å². The molecule has 0 bridgehead atoms. The van der Waals surface area contributed by atoms with Gasteiger partial charge in [-0.3, -0.25) is 0 Å². The summed E-state index contributed by atoms with van der Waals surface area (Å²) in [6, 6.07) is 0. The van der Waals surface area contributed by atoms with Crippen LogP contribution in [0.15, 0.2) is 6.20 Å². The van der Waals surface area contributed by atoms with Crippen molar-refractivity contribution >= 4 is 17.4 Å². The molecular formula is C9H11ClFN3O. The zero-order valence-corrected chi connectivity index (χ0v) is 8.71. The lowest BCUT2D eigenvalue weighted by Crippen LogP contribution is -2.33. The van der Waals surface area contributed by atoms with Crippen LogP contribution < -0.4 is 5.32 Å². The molecule has 0 radical (unpaired) electrons. The van der Waals surface area contributed by atoms with Crippen LogP contribution in [0.25, 0.3) is 0 Å². The second-order valence-electron chi connectivity index (χ2n) is 3.71. The highest BCUT2D eigenvalue weighted by atomic mass is 35.5. The Hall–Kier alpha value is -0.940. The minimum absolute atomic E-state index is 0.0209. The highest BCUT2D eigenvalue weighted by molar-refractivity contribution is 6.28. The number of nitrogens with one attached hydrogen (secondary N) is 1. The van der Waals surface area contributed by atoms with E-state index in [1.54, 1.807) is 0 Å². The Kier molecular flexibility index (Phi) is 3.02. The average Bonchev–Trinajstić information content (AvgIpc) is 2.16. The van der Waals surface area contributed by atoms with Gasteiger partial charge in [0.2, 0.25) is 5.28 Å². The summed E-state index contributed by atoms with van der Waals surface area (Å²) in [5, 5.41) is 11.9. The number of aliphatic hydroxyl groups is 1. The Labute approximate surface area is 91.5 Å². The minimum atomic E-state index is -0.515. The molecule has 1 fully saturated rings. The molecular weight excluding hydrogens is 221 g/mol. The first-order chi connectivity index (χ1) is 7.15. The maximum Gasteiger partial charge on any atom is 0.224 e. The number of halogens is 2. The van der Waals surface area contributed by atoms with Gasteiger partial charge in [0.1, 0.15) is 0 Å². The molecule has 0 aliphatic heterocycles. The first-order valence-corrected chi connectivity index (χ1v) is 5.13. The molecule has 1 aromatic rings. The maximum atomic E-state index is 13.1. The topological polar surface area (TPSA) is 58.0 Å². The van der Waals surface area contributed by atoms with Crippen LogP contribution in [-0.4, -0.2) is 27.7 Å². The highest BCUT2D eigenvalue weighted by Crippen LogP contribution is 2.27. The van der Waals surface area contributed by atoms with Crippen LogP contribution in [0.3, 0.4) is 0 Å². The van der Waals surface area contributed by atoms with Gasteiger partial charge in [-0.05, 0) is 30.4 Å². The molecule has 0 amide bonds. The summed E-state index contributed by atoms with van der Waals surface area (Å²) in [4.78, 5) is 7.24. The fourth-order valence-electron chi connectivity index (χ4n) is 1.58. The number of anilines is 1. The molecule has 1 aromatic heterocycles. The predicted octanol–water partition coefficient (Wildman–Crippen LogP) is 1.45. The molecule has 82 valence electrons. The lowest BCUT2D eigenvalue weighted by Gasteiger charge is -2.31. The molecule has 0 spiro atoms. The van der Waals surface area contributed by atoms with Crippen LogP contribution in [0, 0.1) is 11.7 Å². The monoisotopic (exact) mass is 231 g/mol. The van der Waals surface area contributed by atoms with Crippen molar-refractivity contribution in [1.82, 2.24) is 9.97 Å². The van der Waals surface area contributed by atoms with Gasteiger partial charge in [-0.1, -0.05) is 0 Å². The first kappa shape index (κ1) is 10.6. The van der Waals surface area contributed by atoms with Crippen molar-refractivity contribution in [3.8, 4) is 0 Å². The minimum Gasteiger partial charge on any atom is -0.393 e. The van der Waals surface area contributed by atoms with E-state index in [1.807, 2.05) is 0 Å². The van der Waals surface area contributed by atoms with Gasteiger partial charge in [-0.25, -0.2) is 9.37 Å². The number of hydrogen-bond donors (Lipinski definition) is 2. The third kappa shape index (κ3) is 2.54. The van der Waals surface area contributed by atoms with E-state index in [0.29, 0.717) is 12.5 Å². The molecule has 4 nitrogen and oxygen atoms in total. The molecule has 6 heteroatoms. The number of aliphatic hydroxyl groups excluding tert-OH is 1. The van der Waals surface area contributed by atoms with Gasteiger partial charge in [0, 0.05) is 6.54 Å². The lowest BCUT2D eigenvalue weighted by molar-refractivity contribution is 0.0486. The molecule has 1 aliphatic rings. The van der Waals surface area contributed by atoms with Crippen LogP contribution in [0.4, 0.5) is 10.2 Å². The standard InChI is InChI=1S/C9H11ClFN3O/c10-9-13-4-7(11)8(14-9)12-3-5-1-6(15)2-5/h4-6,15H,1-3H2,(H,12,13,14). The predicted molar refractivity (Wildman–Crippen MR) is 54.2 cm³/mol. The van der Waals surface area contributed by atoms with Crippen molar-refractivity contribution in [1.29, 1.82) is 0 Å². The molecule has 1 aliphatic carbocycles. The average molecular weight is 232 g/mol. The molecule has 0 atom stereocenters. The Morgan fingerprint density at radius 1 is 1.60 bits per heavy atom. The number of rotatable bonds is 3. The largest absolute Gasteiger partial charge is 0.393 e. The maximum absolute atomic E-state index is 13.1. The van der Waals surface area contributed by atoms with E-state index in [9.17, 15) is 4.39 Å². The third-order valence-corrected chi connectivity index (χ3v) is 2.67. The molecule has 0 unspecified atom stereocenters. The molecule has 0 aromatic carbocycles. The number of nitrogens with zero attached hydrogens (tertiary/aromatic N) is 2. The van der Waals surface area contributed by atoms with E-state index in [4.69, 9.17) is 16.7 Å². The SMILES string of the molecule is OC1CC(CNc2nc(Cl)ncc2F)C1. The third-order valence-electron chi connectivity index (χ3n) is 2.48. The first-order valence-electron chi connectivity index (χ1n) is 4.75. The van der Waals surface area contributed by atoms with Gasteiger partial charge < -0.3 is 10.4 Å². The normalized spacial score (nSPS) is 24.7. The van der Waals surface area contributed by atoms with Crippen molar-refractivity contribution in [2.45, 2.75) is 18.9 Å². The summed E-state index contributed by atoms with van der Waals surface area (Å²) >= 11 is 5.53. The van der Waals surface area contributed by atoms with Crippen molar-refractivity contribution in [3.05, 3.63) is 17.3 Å². The van der Waals surface area contributed by atoms with Crippen molar-refractivity contribution in [2.75, 3.05) is 11.9 Å². The van der Waals surface area contributed by atoms with Crippen molar-refractivity contribution in [2.24, 2.45) is 5.92 Å². The molecule has 1 heterocycles. The second-order valence-corrected chi connectivity index (χ2v) is 4.05. The Morgan fingerprint density at radius 3 is 3.00 bits per heavy atom. The Bertz CT molecular complexity index is 357. The summed E-state index contributed by atoms with van der Waals surface area (Å²) in [6.07, 6.45) is 2.35. The fourth-order valence-corrected chi connectivity index (χ4v) is 1.71. The van der Waals surface area contributed by atoms with Crippen LogP contribution in [0.2, 0.25) is 5.28 Å². The van der Waals surface area contributed by atoms with E-state index < -0.39 is 5.82 Å². The summed E-state index contributed by atoms with van der Waals surface area (Å²) in [5.41, 5.74) is 0. The second kappa shape index (κ2) is 4.28. The Balaban J connectivity index is 1.90. The van der Waals surface area contributed by atoms with Crippen LogP contribution in [0.1, 0.15) is 12.8 Å². The number of hydrogen-bond acceptors (Lipinski definition) is 4. The van der Waals surface area contributed by atoms with Crippen LogP contribution >= 0.6 is 11.6 Å². The van der Waals surface area contributed by atoms with Crippen molar-refractivity contribution in [3.63, 3.8) is 0 Å². The van der Waals surface area contributed by atoms with E-state index in [2.05, 4.69) is 15.3 Å². The zero-order chi connectivity index (χ0) is 10.8. The molecule has 1 saturated carbocycles. The molecule has 2 N–H and O–H groups in total. The van der Waals surface area contributed by atoms with E-state index in [-0.39, 0.29) is 17.2 Å². The summed E-state index contributed by atoms with van der Waals surface area (Å²) in [7, 11) is 0. The lowest BCUT2D eigenvalue weighted by atomic mass is 9.82. The van der Waals surface area contributed by atoms with Crippen LogP contribution in [0.5, 0.6) is 0 Å². The molecule has 15 heavy (non-hydrogen) atoms. The van der Waals surface area contributed by atoms with Gasteiger partial charge in [0.15, 0.2) is 11.6 Å². The molecule has 2 rings (SSSR count). The summed E-state index contributed by atoms with van der Waals surface area (Å²) in [6.45, 7) is 0.599. The van der Waals surface area contributed by atoms with E-state index in [1.165, 1.54) is 0 Å². The van der Waals surface area contributed by atoms with Gasteiger partial charge in [-0.2, -0.15) is 4.98 Å². The van der Waals surface area contributed by atoms with Gasteiger partial charge in [0.25, 0.3) is 0 Å². The van der Waals surface area contributed by atoms with Gasteiger partial charge in [-0.15, -0.1) is 0 Å². The highest BCUT2D eigenvalue weighted by Gasteiger charge is 2.26. The van der Waals surface area contributed by atoms with Crippen LogP contribution in [-0.2, 0) is 0 Å². The molecule has 0 saturated heterocycles. The van der Waals surface area contributed by atoms with Gasteiger partial charge >= 0.3 is 0 Å². The smallest absolute Gasteiger partial charge is 0.224 e. The summed E-state index contributed by atoms with van der Waals surface area (Å²) in [5.74, 6) is -0.0104.